The molecule has 2 spiro atoms. The first-order valence-electron chi connectivity index (χ1n) is 24.6. The van der Waals surface area contributed by atoms with Crippen molar-refractivity contribution in [1.29, 1.82) is 0 Å². The molecular weight excluding hydrogens is 819 g/mol. The lowest BCUT2D eigenvalue weighted by atomic mass is 9.68. The molecule has 4 aliphatic carbocycles. The second kappa shape index (κ2) is 14.3. The van der Waals surface area contributed by atoms with Crippen LogP contribution in [0.5, 0.6) is 0 Å². The Bertz CT molecular complexity index is 3820. The van der Waals surface area contributed by atoms with Crippen molar-refractivity contribution in [2.45, 2.75) is 42.9 Å². The lowest BCUT2D eigenvalue weighted by molar-refractivity contribution is 0.353. The summed E-state index contributed by atoms with van der Waals surface area (Å²) in [6, 6.07) is 85.9. The number of benzene rings is 11. The van der Waals surface area contributed by atoms with Crippen LogP contribution in [0, 0.1) is 0 Å². The zero-order valence-corrected chi connectivity index (χ0v) is 37.8. The summed E-state index contributed by atoms with van der Waals surface area (Å²) in [5.41, 5.74) is 21.9. The van der Waals surface area contributed by atoms with Gasteiger partial charge in [-0.05, 0) is 142 Å². The minimum atomic E-state index is -0.495. The predicted octanol–water partition coefficient (Wildman–Crippen LogP) is 17.9. The van der Waals surface area contributed by atoms with Gasteiger partial charge in [-0.1, -0.05) is 213 Å². The molecule has 0 unspecified atom stereocenters. The van der Waals surface area contributed by atoms with Crippen molar-refractivity contribution < 1.29 is 0 Å². The van der Waals surface area contributed by atoms with Crippen molar-refractivity contribution in [3.63, 3.8) is 0 Å². The average molecular weight is 866 g/mol. The van der Waals surface area contributed by atoms with E-state index in [1.807, 2.05) is 0 Å². The first kappa shape index (κ1) is 38.1. The van der Waals surface area contributed by atoms with Gasteiger partial charge in [0.1, 0.15) is 0 Å². The van der Waals surface area contributed by atoms with Gasteiger partial charge < -0.3 is 4.90 Å². The standard InChI is InChI=1S/C67H47N/c1-3-20-43(21-4-1)54-41-56-52-28-11-16-33-60(52)67(58-31-14-9-26-50(58)51-27-10-15-32-59(51)67)62(56)42-64(54)68(44-36-37-49-47-24-6-5-22-45(47)46-23-7-8-25-48(46)55(49)40-44)63-35-19-34-61-65(63)53-29-12-13-30-57(53)66(61)38-17-2-18-39-66/h1,3-16,19-37,40-42H,2,17-18,38-39H2. The van der Waals surface area contributed by atoms with E-state index < -0.39 is 5.41 Å². The molecule has 320 valence electrons. The first-order valence-corrected chi connectivity index (χ1v) is 24.6. The van der Waals surface area contributed by atoms with Crippen molar-refractivity contribution in [1.82, 2.24) is 0 Å². The van der Waals surface area contributed by atoms with Crippen molar-refractivity contribution in [2.75, 3.05) is 4.90 Å². The van der Waals surface area contributed by atoms with Crippen LogP contribution in [0.2, 0.25) is 0 Å². The van der Waals surface area contributed by atoms with E-state index >= 15 is 0 Å². The van der Waals surface area contributed by atoms with Gasteiger partial charge in [0.2, 0.25) is 0 Å². The number of nitrogens with zero attached hydrogens (tertiary/aromatic N) is 1. The molecule has 11 aromatic carbocycles. The van der Waals surface area contributed by atoms with E-state index in [2.05, 4.69) is 229 Å². The molecule has 15 rings (SSSR count). The quantitative estimate of drug-likeness (QED) is 0.159. The molecule has 0 atom stereocenters. The van der Waals surface area contributed by atoms with Crippen LogP contribution in [0.1, 0.15) is 65.5 Å². The molecule has 4 aliphatic rings. The van der Waals surface area contributed by atoms with Crippen molar-refractivity contribution >= 4 is 49.4 Å². The smallest absolute Gasteiger partial charge is 0.0726 e. The highest BCUT2D eigenvalue weighted by atomic mass is 15.1. The van der Waals surface area contributed by atoms with E-state index in [-0.39, 0.29) is 5.41 Å². The van der Waals surface area contributed by atoms with Crippen LogP contribution in [0.3, 0.4) is 0 Å². The summed E-state index contributed by atoms with van der Waals surface area (Å²) in [6.45, 7) is 0. The topological polar surface area (TPSA) is 3.24 Å². The fourth-order valence-electron chi connectivity index (χ4n) is 14.0. The Morgan fingerprint density at radius 3 is 1.43 bits per heavy atom. The van der Waals surface area contributed by atoms with Crippen molar-refractivity contribution in [2.24, 2.45) is 0 Å². The lowest BCUT2D eigenvalue weighted by Gasteiger charge is -2.36. The van der Waals surface area contributed by atoms with Crippen LogP contribution in [0.4, 0.5) is 17.1 Å². The van der Waals surface area contributed by atoms with Crippen LogP contribution < -0.4 is 4.90 Å². The van der Waals surface area contributed by atoms with Crippen LogP contribution in [-0.2, 0) is 10.8 Å². The van der Waals surface area contributed by atoms with E-state index in [0.29, 0.717) is 0 Å². The van der Waals surface area contributed by atoms with Gasteiger partial charge in [-0.3, -0.25) is 0 Å². The first-order chi connectivity index (χ1) is 33.7. The summed E-state index contributed by atoms with van der Waals surface area (Å²) in [5, 5.41) is 7.69. The Balaban J connectivity index is 1.10. The van der Waals surface area contributed by atoms with E-state index in [9.17, 15) is 0 Å². The zero-order valence-electron chi connectivity index (χ0n) is 37.8. The van der Waals surface area contributed by atoms with Crippen LogP contribution in [-0.4, -0.2) is 0 Å². The van der Waals surface area contributed by atoms with E-state index in [1.165, 1.54) is 154 Å². The number of anilines is 3. The highest BCUT2D eigenvalue weighted by Crippen LogP contribution is 2.65. The fourth-order valence-corrected chi connectivity index (χ4v) is 14.0. The maximum atomic E-state index is 2.67. The maximum absolute atomic E-state index is 2.67. The molecule has 0 heterocycles. The molecule has 1 saturated carbocycles. The third-order valence-corrected chi connectivity index (χ3v) is 16.6. The van der Waals surface area contributed by atoms with Gasteiger partial charge in [-0.25, -0.2) is 0 Å². The highest BCUT2D eigenvalue weighted by Gasteiger charge is 2.52. The Labute approximate surface area is 397 Å². The Kier molecular flexibility index (Phi) is 8.00. The zero-order chi connectivity index (χ0) is 44.6. The van der Waals surface area contributed by atoms with Gasteiger partial charge in [-0.15, -0.1) is 0 Å². The molecule has 0 bridgehead atoms. The molecule has 0 saturated heterocycles. The Hall–Kier alpha value is -8.00. The van der Waals surface area contributed by atoms with Gasteiger partial charge in [0.25, 0.3) is 0 Å². The highest BCUT2D eigenvalue weighted by molar-refractivity contribution is 6.26. The van der Waals surface area contributed by atoms with Crippen molar-refractivity contribution in [3.05, 3.63) is 258 Å². The number of rotatable bonds is 4. The molecule has 68 heavy (non-hydrogen) atoms. The third-order valence-electron chi connectivity index (χ3n) is 16.6. The van der Waals surface area contributed by atoms with Crippen LogP contribution >= 0.6 is 0 Å². The van der Waals surface area contributed by atoms with Gasteiger partial charge in [-0.2, -0.15) is 0 Å². The second-order valence-corrected chi connectivity index (χ2v) is 19.7. The number of fused-ring (bicyclic) bond motifs is 21. The maximum Gasteiger partial charge on any atom is 0.0726 e. The SMILES string of the molecule is c1ccc(-c2cc3c(cc2N(c2ccc4c5ccccc5c5ccccc5c4c2)c2cccc4c2-c2ccccc2C42CCCCC2)C2(c4ccccc4-c4ccccc42)c2ccccc2-3)cc1. The largest absolute Gasteiger partial charge is 0.309 e. The molecule has 11 aromatic rings. The molecular formula is C67H47N. The molecule has 0 aromatic heterocycles. The van der Waals surface area contributed by atoms with E-state index in [0.717, 1.165) is 5.69 Å². The lowest BCUT2D eigenvalue weighted by Crippen LogP contribution is -2.28. The van der Waals surface area contributed by atoms with Crippen LogP contribution in [0.25, 0.3) is 76.8 Å². The van der Waals surface area contributed by atoms with Crippen LogP contribution in [0.15, 0.2) is 224 Å². The second-order valence-electron chi connectivity index (χ2n) is 19.7. The summed E-state index contributed by atoms with van der Waals surface area (Å²) in [5.74, 6) is 0. The molecule has 1 fully saturated rings. The fraction of sp³-hybridized carbons (Fsp3) is 0.104. The van der Waals surface area contributed by atoms with Gasteiger partial charge in [0.15, 0.2) is 0 Å². The van der Waals surface area contributed by atoms with Gasteiger partial charge in [0, 0.05) is 22.2 Å². The van der Waals surface area contributed by atoms with E-state index in [4.69, 9.17) is 0 Å². The Morgan fingerprint density at radius 2 is 0.794 bits per heavy atom. The monoisotopic (exact) mass is 865 g/mol. The van der Waals surface area contributed by atoms with Gasteiger partial charge in [0.05, 0.1) is 16.8 Å². The molecule has 0 aliphatic heterocycles. The van der Waals surface area contributed by atoms with Crippen molar-refractivity contribution in [3.8, 4) is 44.5 Å². The van der Waals surface area contributed by atoms with E-state index in [1.54, 1.807) is 0 Å². The normalized spacial score (nSPS) is 15.3. The summed E-state index contributed by atoms with van der Waals surface area (Å²) in [6.07, 6.45) is 6.17. The number of hydrogen-bond acceptors (Lipinski definition) is 1. The Morgan fingerprint density at radius 1 is 0.294 bits per heavy atom. The third kappa shape index (κ3) is 4.96. The molecule has 1 nitrogen and oxygen atoms in total. The predicted molar refractivity (Wildman–Crippen MR) is 285 cm³/mol. The van der Waals surface area contributed by atoms with Gasteiger partial charge >= 0.3 is 0 Å². The minimum absolute atomic E-state index is 0.00746. The summed E-state index contributed by atoms with van der Waals surface area (Å²) in [7, 11) is 0. The summed E-state index contributed by atoms with van der Waals surface area (Å²) >= 11 is 0. The molecule has 0 amide bonds. The summed E-state index contributed by atoms with van der Waals surface area (Å²) in [4.78, 5) is 2.67. The molecule has 0 N–H and O–H groups in total. The average Bonchev–Trinajstić information content (AvgIpc) is 3.98. The molecule has 0 radical (unpaired) electrons. The summed E-state index contributed by atoms with van der Waals surface area (Å²) < 4.78 is 0. The minimum Gasteiger partial charge on any atom is -0.309 e. The number of hydrogen-bond donors (Lipinski definition) is 0. The molecule has 1 heteroatoms.